The highest BCUT2D eigenvalue weighted by atomic mass is 16.5. The highest BCUT2D eigenvalue weighted by Crippen LogP contribution is 2.33. The first-order valence-electron chi connectivity index (χ1n) is 8.42. The lowest BCUT2D eigenvalue weighted by atomic mass is 9.73. The summed E-state index contributed by atoms with van der Waals surface area (Å²) in [6.45, 7) is 1.60. The van der Waals surface area contributed by atoms with E-state index in [0.717, 1.165) is 0 Å². The molecule has 0 saturated carbocycles. The highest BCUT2D eigenvalue weighted by molar-refractivity contribution is 6.23. The van der Waals surface area contributed by atoms with Crippen LogP contribution in [0.5, 0.6) is 0 Å². The third-order valence-electron chi connectivity index (χ3n) is 4.41. The summed E-state index contributed by atoms with van der Waals surface area (Å²) in [5, 5.41) is 4.28. The zero-order chi connectivity index (χ0) is 19.4. The first-order valence-corrected chi connectivity index (χ1v) is 8.42. The maximum absolute atomic E-state index is 12.7. The Labute approximate surface area is 155 Å². The van der Waals surface area contributed by atoms with Gasteiger partial charge in [-0.1, -0.05) is 48.5 Å². The number of nitrogens with one attached hydrogen (secondary N) is 2. The largest absolute Gasteiger partial charge is 0.459 e. The Morgan fingerprint density at radius 2 is 1.44 bits per heavy atom. The fourth-order valence-corrected chi connectivity index (χ4v) is 3.14. The standard InChI is InChI=1S/C20H18N2O5/c1-13(27-16(23)14-8-4-2-5-9-14)12-20(15-10-6-3-7-11-15)17(24)21-19(26)22-18(20)25/h2-11,13H,12H2,1H3,(H2,21,22,24,25,26). The number of rotatable bonds is 5. The van der Waals surface area contributed by atoms with Crippen LogP contribution in [0.25, 0.3) is 0 Å². The number of imide groups is 2. The Morgan fingerprint density at radius 1 is 0.926 bits per heavy atom. The van der Waals surface area contributed by atoms with Gasteiger partial charge < -0.3 is 4.74 Å². The van der Waals surface area contributed by atoms with Crippen LogP contribution in [0.15, 0.2) is 60.7 Å². The number of hydrogen-bond donors (Lipinski definition) is 2. The lowest BCUT2D eigenvalue weighted by Crippen LogP contribution is -2.65. The summed E-state index contributed by atoms with van der Waals surface area (Å²) in [4.78, 5) is 49.2. The fourth-order valence-electron chi connectivity index (χ4n) is 3.14. The molecule has 0 radical (unpaired) electrons. The van der Waals surface area contributed by atoms with E-state index in [1.165, 1.54) is 0 Å². The Balaban J connectivity index is 1.88. The van der Waals surface area contributed by atoms with Gasteiger partial charge >= 0.3 is 12.0 Å². The molecular formula is C20H18N2O5. The minimum atomic E-state index is -1.68. The van der Waals surface area contributed by atoms with Crippen molar-refractivity contribution in [2.45, 2.75) is 24.9 Å². The Morgan fingerprint density at radius 3 is 2.00 bits per heavy atom. The molecule has 2 aromatic rings. The second-order valence-corrected chi connectivity index (χ2v) is 6.29. The van der Waals surface area contributed by atoms with Crippen LogP contribution in [0, 0.1) is 0 Å². The Hall–Kier alpha value is -3.48. The third-order valence-corrected chi connectivity index (χ3v) is 4.41. The van der Waals surface area contributed by atoms with Crippen molar-refractivity contribution in [3.8, 4) is 0 Å². The van der Waals surface area contributed by atoms with E-state index in [0.29, 0.717) is 11.1 Å². The minimum Gasteiger partial charge on any atom is -0.459 e. The molecule has 7 heteroatoms. The predicted octanol–water partition coefficient (Wildman–Crippen LogP) is 1.93. The van der Waals surface area contributed by atoms with Crippen molar-refractivity contribution in [1.29, 1.82) is 0 Å². The zero-order valence-electron chi connectivity index (χ0n) is 14.6. The van der Waals surface area contributed by atoms with E-state index in [2.05, 4.69) is 10.6 Å². The molecule has 7 nitrogen and oxygen atoms in total. The molecule has 0 bridgehead atoms. The van der Waals surface area contributed by atoms with Crippen LogP contribution in [0.2, 0.25) is 0 Å². The molecule has 0 aromatic heterocycles. The Bertz CT molecular complexity index is 860. The number of ether oxygens (including phenoxy) is 1. The van der Waals surface area contributed by atoms with E-state index in [9.17, 15) is 19.2 Å². The van der Waals surface area contributed by atoms with Crippen molar-refractivity contribution >= 4 is 23.8 Å². The summed E-state index contributed by atoms with van der Waals surface area (Å²) in [6, 6.07) is 15.9. The molecule has 1 fully saturated rings. The lowest BCUT2D eigenvalue weighted by molar-refractivity contribution is -0.140. The number of barbiturate groups is 1. The number of esters is 1. The van der Waals surface area contributed by atoms with Crippen molar-refractivity contribution in [2.24, 2.45) is 0 Å². The molecule has 27 heavy (non-hydrogen) atoms. The molecule has 1 unspecified atom stereocenters. The first kappa shape index (κ1) is 18.3. The van der Waals surface area contributed by atoms with E-state index in [-0.39, 0.29) is 6.42 Å². The van der Waals surface area contributed by atoms with E-state index in [4.69, 9.17) is 4.74 Å². The molecule has 0 aliphatic carbocycles. The zero-order valence-corrected chi connectivity index (χ0v) is 14.6. The minimum absolute atomic E-state index is 0.111. The predicted molar refractivity (Wildman–Crippen MR) is 95.7 cm³/mol. The Kier molecular flexibility index (Phi) is 5.03. The van der Waals surface area contributed by atoms with Crippen LogP contribution in [0.3, 0.4) is 0 Å². The fraction of sp³-hybridized carbons (Fsp3) is 0.200. The van der Waals surface area contributed by atoms with Crippen LogP contribution in [-0.4, -0.2) is 29.9 Å². The van der Waals surface area contributed by atoms with E-state index >= 15 is 0 Å². The van der Waals surface area contributed by atoms with Crippen molar-refractivity contribution in [1.82, 2.24) is 10.6 Å². The first-order chi connectivity index (χ1) is 12.9. The average Bonchev–Trinajstić information content (AvgIpc) is 2.66. The van der Waals surface area contributed by atoms with Gasteiger partial charge in [-0.25, -0.2) is 9.59 Å². The number of benzene rings is 2. The second-order valence-electron chi connectivity index (χ2n) is 6.29. The maximum Gasteiger partial charge on any atom is 0.338 e. The number of carbonyl (C=O) groups excluding carboxylic acids is 4. The van der Waals surface area contributed by atoms with Crippen molar-refractivity contribution < 1.29 is 23.9 Å². The van der Waals surface area contributed by atoms with E-state index in [1.54, 1.807) is 67.6 Å². The van der Waals surface area contributed by atoms with Crippen molar-refractivity contribution in [3.63, 3.8) is 0 Å². The van der Waals surface area contributed by atoms with Crippen LogP contribution in [0.4, 0.5) is 4.79 Å². The van der Waals surface area contributed by atoms with Crippen molar-refractivity contribution in [3.05, 3.63) is 71.8 Å². The van der Waals surface area contributed by atoms with Gasteiger partial charge in [0, 0.05) is 6.42 Å². The molecule has 2 aromatic carbocycles. The molecule has 1 aliphatic rings. The quantitative estimate of drug-likeness (QED) is 0.622. The van der Waals surface area contributed by atoms with Crippen LogP contribution in [0.1, 0.15) is 29.3 Å². The summed E-state index contributed by atoms with van der Waals surface area (Å²) < 4.78 is 5.43. The molecule has 1 heterocycles. The topological polar surface area (TPSA) is 102 Å². The van der Waals surface area contributed by atoms with Gasteiger partial charge in [-0.15, -0.1) is 0 Å². The molecule has 138 valence electrons. The van der Waals surface area contributed by atoms with Gasteiger partial charge in [0.05, 0.1) is 5.56 Å². The summed E-state index contributed by atoms with van der Waals surface area (Å²) in [5.74, 6) is -2.05. The van der Waals surface area contributed by atoms with E-state index in [1.807, 2.05) is 0 Å². The van der Waals surface area contributed by atoms with Gasteiger partial charge in [0.2, 0.25) is 11.8 Å². The average molecular weight is 366 g/mol. The summed E-state index contributed by atoms with van der Waals surface area (Å²) in [5.41, 5.74) is -0.896. The van der Waals surface area contributed by atoms with Gasteiger partial charge in [0.15, 0.2) is 5.41 Å². The molecular weight excluding hydrogens is 348 g/mol. The molecule has 3 rings (SSSR count). The molecule has 1 saturated heterocycles. The maximum atomic E-state index is 12.7. The van der Waals surface area contributed by atoms with Crippen molar-refractivity contribution in [2.75, 3.05) is 0 Å². The summed E-state index contributed by atoms with van der Waals surface area (Å²) in [6.07, 6.45) is -0.872. The third kappa shape index (κ3) is 3.57. The molecule has 1 aliphatic heterocycles. The summed E-state index contributed by atoms with van der Waals surface area (Å²) in [7, 11) is 0. The highest BCUT2D eigenvalue weighted by Gasteiger charge is 2.52. The van der Waals surface area contributed by atoms with Gasteiger partial charge in [0.1, 0.15) is 6.10 Å². The molecule has 4 amide bonds. The van der Waals surface area contributed by atoms with Crippen LogP contribution >= 0.6 is 0 Å². The lowest BCUT2D eigenvalue weighted by Gasteiger charge is -2.35. The summed E-state index contributed by atoms with van der Waals surface area (Å²) >= 11 is 0. The molecule has 1 atom stereocenters. The number of amides is 4. The van der Waals surface area contributed by atoms with Crippen LogP contribution < -0.4 is 10.6 Å². The molecule has 2 N–H and O–H groups in total. The number of hydrogen-bond acceptors (Lipinski definition) is 5. The van der Waals surface area contributed by atoms with E-state index < -0.39 is 35.3 Å². The number of carbonyl (C=O) groups is 4. The SMILES string of the molecule is CC(CC1(c2ccccc2)C(=O)NC(=O)NC1=O)OC(=O)c1ccccc1. The normalized spacial score (nSPS) is 16.9. The smallest absolute Gasteiger partial charge is 0.338 e. The van der Waals surface area contributed by atoms with Gasteiger partial charge in [0.25, 0.3) is 0 Å². The van der Waals surface area contributed by atoms with Gasteiger partial charge in [-0.05, 0) is 24.6 Å². The monoisotopic (exact) mass is 366 g/mol. The van der Waals surface area contributed by atoms with Gasteiger partial charge in [-0.2, -0.15) is 0 Å². The second kappa shape index (κ2) is 7.41. The number of urea groups is 1. The van der Waals surface area contributed by atoms with Gasteiger partial charge in [-0.3, -0.25) is 20.2 Å². The molecule has 0 spiro atoms. The van der Waals surface area contributed by atoms with Crippen LogP contribution in [-0.2, 0) is 19.7 Å².